The van der Waals surface area contributed by atoms with Gasteiger partial charge in [0.25, 0.3) is 0 Å². The normalized spacial score (nSPS) is 29.9. The molecule has 6 heteroatoms. The van der Waals surface area contributed by atoms with Crippen LogP contribution in [-0.2, 0) is 19.1 Å². The van der Waals surface area contributed by atoms with E-state index in [4.69, 9.17) is 0 Å². The summed E-state index contributed by atoms with van der Waals surface area (Å²) in [6.07, 6.45) is 1.03. The maximum Gasteiger partial charge on any atom is 0.322 e. The van der Waals surface area contributed by atoms with Crippen LogP contribution in [0.1, 0.15) is 19.3 Å². The number of methoxy groups -OCH3 is 1. The summed E-state index contributed by atoms with van der Waals surface area (Å²) in [5.41, 5.74) is 0. The molecular formula is C10H14N2O4. The van der Waals surface area contributed by atoms with Gasteiger partial charge in [0.1, 0.15) is 6.04 Å². The van der Waals surface area contributed by atoms with Crippen molar-refractivity contribution in [3.63, 3.8) is 0 Å². The molecule has 2 saturated heterocycles. The van der Waals surface area contributed by atoms with Crippen LogP contribution < -0.4 is 5.32 Å². The number of carbonyl (C=O) groups excluding carboxylic acids is 3. The van der Waals surface area contributed by atoms with Crippen molar-refractivity contribution >= 4 is 17.8 Å². The van der Waals surface area contributed by atoms with Crippen molar-refractivity contribution in [2.75, 3.05) is 13.7 Å². The third-order valence-corrected chi connectivity index (χ3v) is 3.05. The first kappa shape index (κ1) is 11.1. The van der Waals surface area contributed by atoms with Gasteiger partial charge in [-0.3, -0.25) is 19.3 Å². The number of hydrogen-bond acceptors (Lipinski definition) is 5. The molecule has 2 aliphatic rings. The summed E-state index contributed by atoms with van der Waals surface area (Å²) in [6.45, 7) is 0.469. The Morgan fingerprint density at radius 3 is 2.56 bits per heavy atom. The molecule has 16 heavy (non-hydrogen) atoms. The molecular weight excluding hydrogens is 212 g/mol. The van der Waals surface area contributed by atoms with E-state index in [2.05, 4.69) is 10.1 Å². The number of likely N-dealkylation sites (tertiary alicyclic amines) is 1. The van der Waals surface area contributed by atoms with E-state index < -0.39 is 6.04 Å². The molecule has 88 valence electrons. The molecule has 2 amide bonds. The zero-order valence-corrected chi connectivity index (χ0v) is 9.06. The van der Waals surface area contributed by atoms with E-state index in [0.29, 0.717) is 13.0 Å². The maximum atomic E-state index is 11.5. The Morgan fingerprint density at radius 2 is 2.00 bits per heavy atom. The number of amides is 2. The Balaban J connectivity index is 2.00. The van der Waals surface area contributed by atoms with Crippen LogP contribution in [-0.4, -0.2) is 48.4 Å². The van der Waals surface area contributed by atoms with Gasteiger partial charge in [0.2, 0.25) is 11.8 Å². The second-order valence-corrected chi connectivity index (χ2v) is 4.03. The molecule has 2 atom stereocenters. The van der Waals surface area contributed by atoms with Crippen molar-refractivity contribution < 1.29 is 19.1 Å². The van der Waals surface area contributed by atoms with Gasteiger partial charge < -0.3 is 10.1 Å². The third-order valence-electron chi connectivity index (χ3n) is 3.05. The Hall–Kier alpha value is -1.43. The van der Waals surface area contributed by atoms with E-state index in [0.717, 1.165) is 0 Å². The van der Waals surface area contributed by atoms with Crippen molar-refractivity contribution in [1.29, 1.82) is 0 Å². The van der Waals surface area contributed by atoms with Gasteiger partial charge in [0.15, 0.2) is 0 Å². The lowest BCUT2D eigenvalue weighted by atomic mass is 10.1. The molecule has 0 spiro atoms. The molecule has 2 heterocycles. The average Bonchev–Trinajstić information content (AvgIpc) is 2.85. The number of hydrogen-bond donors (Lipinski definition) is 1. The van der Waals surface area contributed by atoms with E-state index in [1.807, 2.05) is 0 Å². The van der Waals surface area contributed by atoms with E-state index in [-0.39, 0.29) is 36.7 Å². The molecule has 2 fully saturated rings. The molecule has 0 radical (unpaired) electrons. The van der Waals surface area contributed by atoms with Crippen LogP contribution in [0.2, 0.25) is 0 Å². The fourth-order valence-electron chi connectivity index (χ4n) is 2.24. The highest BCUT2D eigenvalue weighted by Gasteiger charge is 2.40. The second kappa shape index (κ2) is 4.21. The third kappa shape index (κ3) is 1.80. The van der Waals surface area contributed by atoms with E-state index in [1.54, 1.807) is 0 Å². The summed E-state index contributed by atoms with van der Waals surface area (Å²) in [5.74, 6) is -0.619. The van der Waals surface area contributed by atoms with E-state index in [9.17, 15) is 14.4 Å². The zero-order valence-electron chi connectivity index (χ0n) is 9.06. The summed E-state index contributed by atoms with van der Waals surface area (Å²) in [7, 11) is 1.32. The molecule has 0 aromatic heterocycles. The molecule has 0 bridgehead atoms. The Labute approximate surface area is 92.9 Å². The van der Waals surface area contributed by atoms with Crippen LogP contribution in [0, 0.1) is 0 Å². The number of rotatable bonds is 2. The van der Waals surface area contributed by atoms with Gasteiger partial charge in [-0.2, -0.15) is 0 Å². The fourth-order valence-corrected chi connectivity index (χ4v) is 2.24. The van der Waals surface area contributed by atoms with E-state index in [1.165, 1.54) is 12.0 Å². The minimum absolute atomic E-state index is 0.137. The Morgan fingerprint density at radius 1 is 1.38 bits per heavy atom. The SMILES string of the molecule is COC(=O)[C@@H]1C[C@@H](N2C(=O)CCC2=O)CN1. The number of nitrogens with zero attached hydrogens (tertiary/aromatic N) is 1. The van der Waals surface area contributed by atoms with Crippen molar-refractivity contribution in [3.8, 4) is 0 Å². The van der Waals surface area contributed by atoms with Crippen molar-refractivity contribution in [1.82, 2.24) is 10.2 Å². The number of imide groups is 1. The summed E-state index contributed by atoms with van der Waals surface area (Å²) < 4.78 is 4.61. The first-order chi connectivity index (χ1) is 7.63. The summed E-state index contributed by atoms with van der Waals surface area (Å²) in [6, 6.07) is -0.609. The quantitative estimate of drug-likeness (QED) is 0.485. The Kier molecular flexibility index (Phi) is 2.91. The van der Waals surface area contributed by atoms with Crippen molar-refractivity contribution in [3.05, 3.63) is 0 Å². The number of carbonyl (C=O) groups is 3. The van der Waals surface area contributed by atoms with Crippen molar-refractivity contribution in [2.45, 2.75) is 31.3 Å². The van der Waals surface area contributed by atoms with E-state index >= 15 is 0 Å². The van der Waals surface area contributed by atoms with Gasteiger partial charge >= 0.3 is 5.97 Å². The number of nitrogens with one attached hydrogen (secondary N) is 1. The molecule has 2 aliphatic heterocycles. The summed E-state index contributed by atoms with van der Waals surface area (Å²) in [4.78, 5) is 35.5. The predicted octanol–water partition coefficient (Wildman–Crippen LogP) is -0.961. The monoisotopic (exact) mass is 226 g/mol. The standard InChI is InChI=1S/C10H14N2O4/c1-16-10(15)7-4-6(5-11-7)12-8(13)2-3-9(12)14/h6-7,11H,2-5H2,1H3/t6-,7+/m1/s1. The molecule has 0 aliphatic carbocycles. The highest BCUT2D eigenvalue weighted by Crippen LogP contribution is 2.21. The number of esters is 1. The molecule has 0 saturated carbocycles. The maximum absolute atomic E-state index is 11.5. The highest BCUT2D eigenvalue weighted by molar-refractivity contribution is 6.02. The average molecular weight is 226 g/mol. The topological polar surface area (TPSA) is 75.7 Å². The van der Waals surface area contributed by atoms with Gasteiger partial charge in [0, 0.05) is 19.4 Å². The van der Waals surface area contributed by atoms with Gasteiger partial charge in [-0.05, 0) is 6.42 Å². The van der Waals surface area contributed by atoms with Crippen LogP contribution in [0.15, 0.2) is 0 Å². The van der Waals surface area contributed by atoms with Crippen LogP contribution in [0.25, 0.3) is 0 Å². The van der Waals surface area contributed by atoms with Crippen LogP contribution in [0.4, 0.5) is 0 Å². The fraction of sp³-hybridized carbons (Fsp3) is 0.700. The number of ether oxygens (including phenoxy) is 1. The molecule has 0 aromatic rings. The molecule has 6 nitrogen and oxygen atoms in total. The van der Waals surface area contributed by atoms with Gasteiger partial charge in [-0.25, -0.2) is 0 Å². The summed E-state index contributed by atoms with van der Waals surface area (Å²) in [5, 5.41) is 2.95. The molecule has 0 unspecified atom stereocenters. The largest absolute Gasteiger partial charge is 0.468 e. The zero-order chi connectivity index (χ0) is 11.7. The first-order valence-electron chi connectivity index (χ1n) is 5.29. The van der Waals surface area contributed by atoms with Gasteiger partial charge in [0.05, 0.1) is 13.2 Å². The lowest BCUT2D eigenvalue weighted by molar-refractivity contribution is -0.144. The first-order valence-corrected chi connectivity index (χ1v) is 5.29. The summed E-state index contributed by atoms with van der Waals surface area (Å²) >= 11 is 0. The van der Waals surface area contributed by atoms with Gasteiger partial charge in [-0.1, -0.05) is 0 Å². The second-order valence-electron chi connectivity index (χ2n) is 4.03. The molecule has 2 rings (SSSR count). The predicted molar refractivity (Wildman–Crippen MR) is 53.3 cm³/mol. The Bertz CT molecular complexity index is 326. The lowest BCUT2D eigenvalue weighted by Gasteiger charge is -2.20. The highest BCUT2D eigenvalue weighted by atomic mass is 16.5. The minimum atomic E-state index is -0.406. The molecule has 0 aromatic carbocycles. The smallest absolute Gasteiger partial charge is 0.322 e. The molecule has 1 N–H and O–H groups in total. The van der Waals surface area contributed by atoms with Gasteiger partial charge in [-0.15, -0.1) is 0 Å². The van der Waals surface area contributed by atoms with Crippen LogP contribution in [0.3, 0.4) is 0 Å². The minimum Gasteiger partial charge on any atom is -0.468 e. The lowest BCUT2D eigenvalue weighted by Crippen LogP contribution is -2.40. The van der Waals surface area contributed by atoms with Crippen molar-refractivity contribution in [2.24, 2.45) is 0 Å². The van der Waals surface area contributed by atoms with Crippen LogP contribution >= 0.6 is 0 Å². The van der Waals surface area contributed by atoms with Crippen LogP contribution in [0.5, 0.6) is 0 Å².